The molecule has 1 atom stereocenters. The number of hydrogen-bond donors (Lipinski definition) is 1. The molecule has 0 saturated heterocycles. The maximum atomic E-state index is 13.4. The molecule has 8 heteroatoms. The topological polar surface area (TPSA) is 72.7 Å². The third kappa shape index (κ3) is 4.45. The van der Waals surface area contributed by atoms with Gasteiger partial charge in [-0.25, -0.2) is 9.07 Å². The third-order valence-electron chi connectivity index (χ3n) is 3.89. The zero-order valence-electron chi connectivity index (χ0n) is 14.2. The zero-order chi connectivity index (χ0) is 18.4. The maximum Gasteiger partial charge on any atom is 0.249 e. The Balaban J connectivity index is 1.72. The first kappa shape index (κ1) is 18.1. The highest BCUT2D eigenvalue weighted by atomic mass is 32.2. The first-order valence-corrected chi connectivity index (χ1v) is 9.45. The summed E-state index contributed by atoms with van der Waals surface area (Å²) in [5.41, 5.74) is 2.33. The van der Waals surface area contributed by atoms with Crippen molar-refractivity contribution in [3.05, 3.63) is 60.7 Å². The van der Waals surface area contributed by atoms with E-state index in [0.29, 0.717) is 12.1 Å². The van der Waals surface area contributed by atoms with Gasteiger partial charge in [0.2, 0.25) is 5.91 Å². The molecule has 6 nitrogen and oxygen atoms in total. The molecule has 0 radical (unpaired) electrons. The molecule has 1 heterocycles. The Morgan fingerprint density at radius 1 is 1.23 bits per heavy atom. The van der Waals surface area contributed by atoms with Gasteiger partial charge in [0, 0.05) is 5.69 Å². The van der Waals surface area contributed by atoms with E-state index in [9.17, 15) is 9.18 Å². The van der Waals surface area contributed by atoms with Gasteiger partial charge in [-0.15, -0.1) is 5.10 Å². The highest BCUT2D eigenvalue weighted by Gasteiger charge is 2.21. The van der Waals surface area contributed by atoms with Gasteiger partial charge in [-0.05, 0) is 64.2 Å². The van der Waals surface area contributed by atoms with Crippen molar-refractivity contribution in [3.8, 4) is 11.1 Å². The van der Waals surface area contributed by atoms with Gasteiger partial charge in [0.1, 0.15) is 18.2 Å². The number of carbonyl (C=O) groups excluding carboxylic acids is 1. The van der Waals surface area contributed by atoms with Gasteiger partial charge in [-0.3, -0.25) is 4.79 Å². The smallest absolute Gasteiger partial charge is 0.249 e. The molecule has 0 bridgehead atoms. The van der Waals surface area contributed by atoms with Crippen LogP contribution in [0.1, 0.15) is 12.5 Å². The van der Waals surface area contributed by atoms with Crippen LogP contribution in [-0.2, 0) is 4.79 Å². The predicted molar refractivity (Wildman–Crippen MR) is 100 cm³/mol. The average molecular weight is 371 g/mol. The van der Waals surface area contributed by atoms with Gasteiger partial charge in [0.05, 0.1) is 0 Å². The number of halogens is 1. The van der Waals surface area contributed by atoms with Crippen molar-refractivity contribution in [2.75, 3.05) is 17.3 Å². The molecule has 0 aliphatic rings. The number of aromatic nitrogens is 4. The molecule has 134 valence electrons. The molecule has 1 amide bonds. The molecule has 0 fully saturated rings. The third-order valence-corrected chi connectivity index (χ3v) is 4.54. The van der Waals surface area contributed by atoms with Crippen molar-refractivity contribution in [3.63, 3.8) is 0 Å². The number of benzene rings is 2. The fourth-order valence-corrected chi connectivity index (χ4v) is 3.02. The molecule has 2 aromatic carbocycles. The van der Waals surface area contributed by atoms with Crippen LogP contribution in [0.5, 0.6) is 0 Å². The van der Waals surface area contributed by atoms with Gasteiger partial charge in [-0.2, -0.15) is 11.8 Å². The van der Waals surface area contributed by atoms with Crippen LogP contribution in [0.2, 0.25) is 0 Å². The molecule has 0 spiro atoms. The molecule has 3 aromatic rings. The number of thioether (sulfide) groups is 1. The summed E-state index contributed by atoms with van der Waals surface area (Å²) in [4.78, 5) is 12.6. The number of carbonyl (C=O) groups is 1. The molecule has 1 N–H and O–H groups in total. The number of nitrogens with one attached hydrogen (secondary N) is 1. The van der Waals surface area contributed by atoms with Crippen LogP contribution in [0.25, 0.3) is 11.1 Å². The first-order valence-electron chi connectivity index (χ1n) is 8.05. The summed E-state index contributed by atoms with van der Waals surface area (Å²) < 4.78 is 14.8. The molecular formula is C18H18FN5OS. The van der Waals surface area contributed by atoms with Crippen molar-refractivity contribution in [1.82, 2.24) is 20.2 Å². The van der Waals surface area contributed by atoms with Crippen molar-refractivity contribution < 1.29 is 9.18 Å². The zero-order valence-corrected chi connectivity index (χ0v) is 15.0. The van der Waals surface area contributed by atoms with E-state index in [2.05, 4.69) is 20.8 Å². The van der Waals surface area contributed by atoms with Gasteiger partial charge >= 0.3 is 0 Å². The Kier molecular flexibility index (Phi) is 5.96. The van der Waals surface area contributed by atoms with E-state index in [4.69, 9.17) is 0 Å². The minimum absolute atomic E-state index is 0.176. The Bertz CT molecular complexity index is 854. The van der Waals surface area contributed by atoms with E-state index < -0.39 is 6.04 Å². The van der Waals surface area contributed by atoms with Crippen molar-refractivity contribution in [1.29, 1.82) is 0 Å². The van der Waals surface area contributed by atoms with E-state index >= 15 is 0 Å². The molecule has 3 rings (SSSR count). The summed E-state index contributed by atoms with van der Waals surface area (Å²) in [5, 5.41) is 14.0. The Labute approximate surface area is 154 Å². The lowest BCUT2D eigenvalue weighted by Crippen LogP contribution is -2.27. The second-order valence-corrected chi connectivity index (χ2v) is 6.65. The highest BCUT2D eigenvalue weighted by molar-refractivity contribution is 7.98. The van der Waals surface area contributed by atoms with Crippen molar-refractivity contribution >= 4 is 23.4 Å². The van der Waals surface area contributed by atoms with Crippen LogP contribution in [0.3, 0.4) is 0 Å². The standard InChI is InChI=1S/C18H18FN5OS/c1-26-10-9-17(24-12-20-22-23-24)18(25)21-16-7-5-13(6-8-16)14-3-2-4-15(19)11-14/h2-8,11-12,17H,9-10H2,1H3,(H,21,25)/t17-/m1/s1. The lowest BCUT2D eigenvalue weighted by atomic mass is 10.1. The monoisotopic (exact) mass is 371 g/mol. The van der Waals surface area contributed by atoms with E-state index in [0.717, 1.165) is 16.9 Å². The fraction of sp³-hybridized carbons (Fsp3) is 0.222. The number of tetrazole rings is 1. The molecule has 0 saturated carbocycles. The summed E-state index contributed by atoms with van der Waals surface area (Å²) in [6.07, 6.45) is 4.05. The number of nitrogens with zero attached hydrogens (tertiary/aromatic N) is 4. The fourth-order valence-electron chi connectivity index (χ4n) is 2.56. The minimum atomic E-state index is -0.472. The second-order valence-electron chi connectivity index (χ2n) is 5.66. The average Bonchev–Trinajstić information content (AvgIpc) is 3.17. The Morgan fingerprint density at radius 2 is 2.04 bits per heavy atom. The van der Waals surface area contributed by atoms with E-state index in [-0.39, 0.29) is 11.7 Å². The minimum Gasteiger partial charge on any atom is -0.324 e. The van der Waals surface area contributed by atoms with Crippen LogP contribution in [0.4, 0.5) is 10.1 Å². The lowest BCUT2D eigenvalue weighted by Gasteiger charge is -2.16. The van der Waals surface area contributed by atoms with Crippen molar-refractivity contribution in [2.45, 2.75) is 12.5 Å². The van der Waals surface area contributed by atoms with E-state index in [1.54, 1.807) is 30.0 Å². The van der Waals surface area contributed by atoms with E-state index in [1.165, 1.54) is 23.1 Å². The van der Waals surface area contributed by atoms with Crippen LogP contribution >= 0.6 is 11.8 Å². The Hall–Kier alpha value is -2.74. The van der Waals surface area contributed by atoms with Gasteiger partial charge < -0.3 is 5.32 Å². The SMILES string of the molecule is CSCC[C@H](C(=O)Nc1ccc(-c2cccc(F)c2)cc1)n1cnnn1. The lowest BCUT2D eigenvalue weighted by molar-refractivity contribution is -0.119. The largest absolute Gasteiger partial charge is 0.324 e. The summed E-state index contributed by atoms with van der Waals surface area (Å²) in [6.45, 7) is 0. The van der Waals surface area contributed by atoms with Crippen LogP contribution < -0.4 is 5.32 Å². The van der Waals surface area contributed by atoms with Crippen LogP contribution in [-0.4, -0.2) is 38.1 Å². The van der Waals surface area contributed by atoms with Gasteiger partial charge in [0.25, 0.3) is 0 Å². The molecule has 1 aromatic heterocycles. The van der Waals surface area contributed by atoms with Gasteiger partial charge in [-0.1, -0.05) is 24.3 Å². The normalized spacial score (nSPS) is 11.9. The number of rotatable bonds is 7. The molecule has 26 heavy (non-hydrogen) atoms. The second kappa shape index (κ2) is 8.57. The highest BCUT2D eigenvalue weighted by Crippen LogP contribution is 2.23. The van der Waals surface area contributed by atoms with Crippen LogP contribution in [0, 0.1) is 5.82 Å². The maximum absolute atomic E-state index is 13.4. The molecule has 0 unspecified atom stereocenters. The molecule has 0 aliphatic carbocycles. The number of amides is 1. The van der Waals surface area contributed by atoms with Crippen molar-refractivity contribution in [2.24, 2.45) is 0 Å². The molecule has 0 aliphatic heterocycles. The summed E-state index contributed by atoms with van der Waals surface area (Å²) in [6, 6.07) is 13.2. The summed E-state index contributed by atoms with van der Waals surface area (Å²) in [7, 11) is 0. The summed E-state index contributed by atoms with van der Waals surface area (Å²) >= 11 is 1.66. The molecular weight excluding hydrogens is 353 g/mol. The summed E-state index contributed by atoms with van der Waals surface area (Å²) in [5.74, 6) is 0.360. The van der Waals surface area contributed by atoms with Crippen LogP contribution in [0.15, 0.2) is 54.9 Å². The Morgan fingerprint density at radius 3 is 2.69 bits per heavy atom. The van der Waals surface area contributed by atoms with E-state index in [1.807, 2.05) is 24.5 Å². The predicted octanol–water partition coefficient (Wildman–Crippen LogP) is 3.41. The quantitative estimate of drug-likeness (QED) is 0.689. The number of anilines is 1. The number of hydrogen-bond acceptors (Lipinski definition) is 5. The van der Waals surface area contributed by atoms with Gasteiger partial charge in [0.15, 0.2) is 0 Å². The first-order chi connectivity index (χ1) is 12.7.